The van der Waals surface area contributed by atoms with Gasteiger partial charge in [0.05, 0.1) is 5.69 Å². The molecule has 0 aliphatic carbocycles. The Bertz CT molecular complexity index is 766. The van der Waals surface area contributed by atoms with Gasteiger partial charge >= 0.3 is 0 Å². The highest BCUT2D eigenvalue weighted by molar-refractivity contribution is 5.76. The Morgan fingerprint density at radius 1 is 0.857 bits per heavy atom. The monoisotopic (exact) mass is 276 g/mol. The van der Waals surface area contributed by atoms with Gasteiger partial charge in [0.15, 0.2) is 5.82 Å². The highest BCUT2D eigenvalue weighted by Gasteiger charge is 2.05. The summed E-state index contributed by atoms with van der Waals surface area (Å²) in [7, 11) is 0. The van der Waals surface area contributed by atoms with E-state index < -0.39 is 0 Å². The van der Waals surface area contributed by atoms with E-state index in [4.69, 9.17) is 0 Å². The summed E-state index contributed by atoms with van der Waals surface area (Å²) in [5.41, 5.74) is 3.15. The summed E-state index contributed by atoms with van der Waals surface area (Å²) >= 11 is 0. The zero-order valence-corrected chi connectivity index (χ0v) is 11.1. The number of hydrogen-bond donors (Lipinski definition) is 1. The molecule has 4 heteroatoms. The predicted molar refractivity (Wildman–Crippen MR) is 80.0 cm³/mol. The first-order valence-corrected chi connectivity index (χ1v) is 6.44. The minimum atomic E-state index is 0.220. The number of carbonyl (C=O) groups is 1. The second kappa shape index (κ2) is 5.54. The lowest BCUT2D eigenvalue weighted by Crippen LogP contribution is -1.91. The first-order chi connectivity index (χ1) is 10.3. The number of phenolic OH excluding ortho intramolecular Hbond substituents is 1. The van der Waals surface area contributed by atoms with Crippen molar-refractivity contribution < 1.29 is 9.90 Å². The number of hydrogen-bond acceptors (Lipinski definition) is 4. The molecule has 0 aliphatic rings. The van der Waals surface area contributed by atoms with Crippen molar-refractivity contribution in [1.82, 2.24) is 9.97 Å². The molecule has 3 rings (SSSR count). The summed E-state index contributed by atoms with van der Waals surface area (Å²) in [6, 6.07) is 15.8. The molecule has 1 heterocycles. The van der Waals surface area contributed by atoms with Crippen LogP contribution in [0.1, 0.15) is 10.4 Å². The van der Waals surface area contributed by atoms with Crippen LogP contribution < -0.4 is 0 Å². The van der Waals surface area contributed by atoms with Crippen LogP contribution in [0, 0.1) is 0 Å². The van der Waals surface area contributed by atoms with Gasteiger partial charge in [0.1, 0.15) is 12.0 Å². The normalized spacial score (nSPS) is 10.3. The number of rotatable bonds is 3. The molecule has 0 unspecified atom stereocenters. The van der Waals surface area contributed by atoms with Crippen LogP contribution in [0.2, 0.25) is 0 Å². The van der Waals surface area contributed by atoms with Gasteiger partial charge < -0.3 is 5.11 Å². The molecule has 2 aromatic carbocycles. The van der Waals surface area contributed by atoms with Crippen molar-refractivity contribution in [1.29, 1.82) is 0 Å². The fraction of sp³-hybridized carbons (Fsp3) is 0. The molecule has 0 saturated carbocycles. The molecule has 21 heavy (non-hydrogen) atoms. The summed E-state index contributed by atoms with van der Waals surface area (Å²) in [6.07, 6.45) is 2.50. The average Bonchev–Trinajstić information content (AvgIpc) is 2.56. The van der Waals surface area contributed by atoms with Gasteiger partial charge in [-0.3, -0.25) is 4.79 Å². The number of phenols is 1. The second-order valence-electron chi connectivity index (χ2n) is 4.55. The summed E-state index contributed by atoms with van der Waals surface area (Å²) in [4.78, 5) is 19.4. The topological polar surface area (TPSA) is 63.1 Å². The number of carbonyl (C=O) groups excluding carboxylic acids is 1. The van der Waals surface area contributed by atoms with Crippen molar-refractivity contribution in [2.75, 3.05) is 0 Å². The van der Waals surface area contributed by atoms with Crippen molar-refractivity contribution in [2.24, 2.45) is 0 Å². The van der Waals surface area contributed by atoms with E-state index in [2.05, 4.69) is 9.97 Å². The molecule has 0 aliphatic heterocycles. The van der Waals surface area contributed by atoms with Crippen molar-refractivity contribution in [3.8, 4) is 28.4 Å². The van der Waals surface area contributed by atoms with Gasteiger partial charge in [-0.25, -0.2) is 9.97 Å². The second-order valence-corrected chi connectivity index (χ2v) is 4.55. The summed E-state index contributed by atoms with van der Waals surface area (Å²) in [6.45, 7) is 0. The lowest BCUT2D eigenvalue weighted by molar-refractivity contribution is 0.112. The Labute approximate surface area is 121 Å². The number of nitrogens with zero attached hydrogens (tertiary/aromatic N) is 2. The Balaban J connectivity index is 1.99. The fourth-order valence-electron chi connectivity index (χ4n) is 2.00. The minimum absolute atomic E-state index is 0.220. The largest absolute Gasteiger partial charge is 0.508 e. The van der Waals surface area contributed by atoms with E-state index in [1.165, 1.54) is 0 Å². The van der Waals surface area contributed by atoms with Crippen molar-refractivity contribution in [3.05, 3.63) is 66.4 Å². The zero-order chi connectivity index (χ0) is 14.7. The molecule has 102 valence electrons. The third kappa shape index (κ3) is 2.79. The van der Waals surface area contributed by atoms with Gasteiger partial charge in [-0.05, 0) is 30.3 Å². The van der Waals surface area contributed by atoms with Crippen LogP contribution in [0.3, 0.4) is 0 Å². The molecule has 3 aromatic rings. The van der Waals surface area contributed by atoms with E-state index in [9.17, 15) is 9.90 Å². The van der Waals surface area contributed by atoms with E-state index in [1.807, 2.05) is 18.2 Å². The van der Waals surface area contributed by atoms with Crippen LogP contribution in [-0.4, -0.2) is 21.4 Å². The SMILES string of the molecule is O=Cc1ccc(-c2nccc(-c3ccc(O)cc3)n2)cc1. The van der Waals surface area contributed by atoms with Gasteiger partial charge in [0.25, 0.3) is 0 Å². The van der Waals surface area contributed by atoms with Gasteiger partial charge in [0.2, 0.25) is 0 Å². The average molecular weight is 276 g/mol. The lowest BCUT2D eigenvalue weighted by atomic mass is 10.1. The molecule has 0 saturated heterocycles. The lowest BCUT2D eigenvalue weighted by Gasteiger charge is -2.04. The highest BCUT2D eigenvalue weighted by atomic mass is 16.3. The van der Waals surface area contributed by atoms with Crippen molar-refractivity contribution >= 4 is 6.29 Å². The summed E-state index contributed by atoms with van der Waals surface area (Å²) in [5.74, 6) is 0.815. The quantitative estimate of drug-likeness (QED) is 0.745. The summed E-state index contributed by atoms with van der Waals surface area (Å²) < 4.78 is 0. The maximum Gasteiger partial charge on any atom is 0.159 e. The van der Waals surface area contributed by atoms with Crippen LogP contribution in [0.4, 0.5) is 0 Å². The van der Waals surface area contributed by atoms with Gasteiger partial charge in [-0.15, -0.1) is 0 Å². The van der Waals surface area contributed by atoms with Crippen LogP contribution >= 0.6 is 0 Å². The molecular weight excluding hydrogens is 264 g/mol. The number of aromatic nitrogens is 2. The number of aldehydes is 1. The molecule has 1 aromatic heterocycles. The van der Waals surface area contributed by atoms with E-state index >= 15 is 0 Å². The summed E-state index contributed by atoms with van der Waals surface area (Å²) in [5, 5.41) is 9.32. The maximum atomic E-state index is 10.7. The van der Waals surface area contributed by atoms with Crippen molar-refractivity contribution in [2.45, 2.75) is 0 Å². The minimum Gasteiger partial charge on any atom is -0.508 e. The maximum absolute atomic E-state index is 10.7. The molecular formula is C17H12N2O2. The first kappa shape index (κ1) is 13.0. The molecule has 0 fully saturated rings. The molecule has 1 N–H and O–H groups in total. The van der Waals surface area contributed by atoms with E-state index in [0.717, 1.165) is 23.1 Å². The third-order valence-electron chi connectivity index (χ3n) is 3.12. The molecule has 4 nitrogen and oxygen atoms in total. The third-order valence-corrected chi connectivity index (χ3v) is 3.12. The van der Waals surface area contributed by atoms with E-state index in [-0.39, 0.29) is 5.75 Å². The Kier molecular flexibility index (Phi) is 3.43. The molecule has 0 radical (unpaired) electrons. The Morgan fingerprint density at radius 2 is 1.52 bits per heavy atom. The van der Waals surface area contributed by atoms with E-state index in [1.54, 1.807) is 42.6 Å². The molecule has 0 amide bonds. The van der Waals surface area contributed by atoms with E-state index in [0.29, 0.717) is 11.4 Å². The van der Waals surface area contributed by atoms with Gasteiger partial charge in [-0.2, -0.15) is 0 Å². The highest BCUT2D eigenvalue weighted by Crippen LogP contribution is 2.22. The fourth-order valence-corrected chi connectivity index (χ4v) is 2.00. The smallest absolute Gasteiger partial charge is 0.159 e. The standard InChI is InChI=1S/C17H12N2O2/c20-11-12-1-3-14(4-2-12)17-18-10-9-16(19-17)13-5-7-15(21)8-6-13/h1-11,21H. The molecule has 0 bridgehead atoms. The number of aromatic hydroxyl groups is 1. The zero-order valence-electron chi connectivity index (χ0n) is 11.1. The van der Waals surface area contributed by atoms with Crippen LogP contribution in [0.5, 0.6) is 5.75 Å². The number of benzene rings is 2. The van der Waals surface area contributed by atoms with Crippen molar-refractivity contribution in [3.63, 3.8) is 0 Å². The Morgan fingerprint density at radius 3 is 2.19 bits per heavy atom. The van der Waals surface area contributed by atoms with Crippen LogP contribution in [-0.2, 0) is 0 Å². The van der Waals surface area contributed by atoms with Crippen LogP contribution in [0.15, 0.2) is 60.8 Å². The van der Waals surface area contributed by atoms with Crippen LogP contribution in [0.25, 0.3) is 22.6 Å². The Hall–Kier alpha value is -3.01. The molecule has 0 spiro atoms. The predicted octanol–water partition coefficient (Wildman–Crippen LogP) is 3.33. The first-order valence-electron chi connectivity index (χ1n) is 6.44. The molecule has 0 atom stereocenters. The van der Waals surface area contributed by atoms with Gasteiger partial charge in [0, 0.05) is 22.9 Å². The van der Waals surface area contributed by atoms with Gasteiger partial charge in [-0.1, -0.05) is 24.3 Å².